The molecule has 1 amide bonds. The number of amides is 1. The number of phenolic OH excluding ortho intramolecular Hbond substituents is 1. The van der Waals surface area contributed by atoms with Crippen molar-refractivity contribution in [2.24, 2.45) is 5.73 Å². The number of nitrogens with two attached hydrogens (primary N) is 1. The molecular weight excluding hydrogens is 468 g/mol. The van der Waals surface area contributed by atoms with Crippen LogP contribution < -0.4 is 16.0 Å². The van der Waals surface area contributed by atoms with Gasteiger partial charge < -0.3 is 25.8 Å². The fraction of sp³-hybridized carbons (Fsp3) is 0.241. The second-order valence-corrected chi connectivity index (χ2v) is 9.34. The third-order valence-electron chi connectivity index (χ3n) is 6.96. The van der Waals surface area contributed by atoms with Crippen molar-refractivity contribution in [3.05, 3.63) is 95.3 Å². The van der Waals surface area contributed by atoms with Crippen LogP contribution in [0.3, 0.4) is 0 Å². The number of H-pyrrole nitrogens is 1. The Morgan fingerprint density at radius 3 is 2.54 bits per heavy atom. The average Bonchev–Trinajstić information content (AvgIpc) is 3.31. The number of rotatable bonds is 8. The number of fused-ring (bicyclic) bond motifs is 2. The summed E-state index contributed by atoms with van der Waals surface area (Å²) >= 11 is 0. The molecule has 37 heavy (non-hydrogen) atoms. The highest BCUT2D eigenvalue weighted by Gasteiger charge is 2.37. The molecule has 0 saturated carbocycles. The summed E-state index contributed by atoms with van der Waals surface area (Å²) in [5.41, 5.74) is 8.95. The van der Waals surface area contributed by atoms with E-state index in [1.807, 2.05) is 54.6 Å². The van der Waals surface area contributed by atoms with Gasteiger partial charge in [0.1, 0.15) is 11.4 Å². The first kappa shape index (κ1) is 24.5. The van der Waals surface area contributed by atoms with Crippen molar-refractivity contribution in [1.82, 2.24) is 10.3 Å². The average molecular weight is 499 g/mol. The van der Waals surface area contributed by atoms with Crippen LogP contribution in [0.15, 0.2) is 72.8 Å². The Morgan fingerprint density at radius 2 is 1.78 bits per heavy atom. The zero-order chi connectivity index (χ0) is 25.9. The van der Waals surface area contributed by atoms with E-state index in [2.05, 4.69) is 10.3 Å². The van der Waals surface area contributed by atoms with Crippen LogP contribution in [-0.4, -0.2) is 46.2 Å². The Labute approximate surface area is 214 Å². The van der Waals surface area contributed by atoms with Crippen LogP contribution in [0.25, 0.3) is 10.8 Å². The van der Waals surface area contributed by atoms with Gasteiger partial charge >= 0.3 is 5.97 Å². The number of nitrogens with one attached hydrogen (secondary N) is 2. The summed E-state index contributed by atoms with van der Waals surface area (Å²) in [6, 6.07) is 21.6. The summed E-state index contributed by atoms with van der Waals surface area (Å²) < 4.78 is 0. The van der Waals surface area contributed by atoms with Gasteiger partial charge in [0.25, 0.3) is 0 Å². The van der Waals surface area contributed by atoms with E-state index in [0.29, 0.717) is 43.7 Å². The molecule has 5 rings (SSSR count). The Balaban J connectivity index is 1.62. The topological polar surface area (TPSA) is 132 Å². The first-order valence-electron chi connectivity index (χ1n) is 12.5. The van der Waals surface area contributed by atoms with Crippen molar-refractivity contribution >= 4 is 28.3 Å². The van der Waals surface area contributed by atoms with Gasteiger partial charge in [-0.05, 0) is 65.9 Å². The summed E-state index contributed by atoms with van der Waals surface area (Å²) in [4.78, 5) is 30.7. The number of nitrogens with zero attached hydrogens (tertiary/aromatic N) is 1. The molecule has 8 nitrogen and oxygen atoms in total. The number of carboxylic acids is 1. The lowest BCUT2D eigenvalue weighted by molar-refractivity contribution is -0.120. The van der Waals surface area contributed by atoms with Gasteiger partial charge in [0.15, 0.2) is 0 Å². The third kappa shape index (κ3) is 4.94. The van der Waals surface area contributed by atoms with Gasteiger partial charge in [0.05, 0.1) is 23.5 Å². The van der Waals surface area contributed by atoms with Crippen molar-refractivity contribution < 1.29 is 19.8 Å². The second kappa shape index (κ2) is 10.5. The molecule has 0 unspecified atom stereocenters. The summed E-state index contributed by atoms with van der Waals surface area (Å²) in [5, 5.41) is 25.1. The van der Waals surface area contributed by atoms with Crippen LogP contribution in [0.2, 0.25) is 0 Å². The van der Waals surface area contributed by atoms with Crippen LogP contribution in [0, 0.1) is 0 Å². The molecule has 0 saturated heterocycles. The van der Waals surface area contributed by atoms with Crippen molar-refractivity contribution in [1.29, 1.82) is 0 Å². The van der Waals surface area contributed by atoms with Crippen molar-refractivity contribution in [2.75, 3.05) is 18.0 Å². The molecule has 1 aromatic heterocycles. The molecule has 0 spiro atoms. The third-order valence-corrected chi connectivity index (χ3v) is 6.96. The number of carbonyl (C=O) groups excluding carboxylic acids is 1. The predicted molar refractivity (Wildman–Crippen MR) is 143 cm³/mol. The number of aromatic amines is 1. The van der Waals surface area contributed by atoms with Gasteiger partial charge in [-0.25, -0.2) is 4.79 Å². The first-order valence-corrected chi connectivity index (χ1v) is 12.5. The lowest BCUT2D eigenvalue weighted by Crippen LogP contribution is -2.46. The first-order chi connectivity index (χ1) is 18.0. The fourth-order valence-electron chi connectivity index (χ4n) is 5.09. The number of carbonyl (C=O) groups is 2. The maximum absolute atomic E-state index is 13.9. The fourth-order valence-corrected chi connectivity index (χ4v) is 5.09. The zero-order valence-corrected chi connectivity index (χ0v) is 20.4. The quantitative estimate of drug-likeness (QED) is 0.250. The minimum absolute atomic E-state index is 0.0277. The molecule has 0 radical (unpaired) electrons. The summed E-state index contributed by atoms with van der Waals surface area (Å²) in [7, 11) is 0. The molecule has 2 atom stereocenters. The highest BCUT2D eigenvalue weighted by molar-refractivity contribution is 6.01. The molecule has 4 aromatic rings. The number of benzene rings is 3. The molecule has 0 bridgehead atoms. The van der Waals surface area contributed by atoms with E-state index in [4.69, 9.17) is 5.73 Å². The lowest BCUT2D eigenvalue weighted by atomic mass is 9.95. The molecule has 6 N–H and O–H groups in total. The molecule has 190 valence electrons. The van der Waals surface area contributed by atoms with Crippen LogP contribution in [0.5, 0.6) is 5.75 Å². The predicted octanol–water partition coefficient (Wildman–Crippen LogP) is 3.95. The van der Waals surface area contributed by atoms with E-state index in [1.165, 1.54) is 0 Å². The van der Waals surface area contributed by atoms with Crippen LogP contribution in [0.1, 0.15) is 46.2 Å². The highest BCUT2D eigenvalue weighted by Crippen LogP contribution is 2.38. The molecule has 1 aliphatic rings. The van der Waals surface area contributed by atoms with Crippen molar-refractivity contribution in [3.8, 4) is 5.75 Å². The Bertz CT molecular complexity index is 1420. The number of carboxylic acid groups (broad SMARTS) is 1. The molecule has 1 aliphatic heterocycles. The molecule has 0 fully saturated rings. The SMILES string of the molecule is NCCC[C@@H]1N[C@H](c2cccc3ccccc23)c2[nH]c(C(=O)O)cc2N(CCc2ccc(O)cc2)C1=O. The lowest BCUT2D eigenvalue weighted by Gasteiger charge is -2.25. The van der Waals surface area contributed by atoms with Gasteiger partial charge in [0, 0.05) is 6.54 Å². The van der Waals surface area contributed by atoms with Crippen molar-refractivity contribution in [2.45, 2.75) is 31.3 Å². The molecular formula is C29H30N4O4. The van der Waals surface area contributed by atoms with Crippen LogP contribution >= 0.6 is 0 Å². The summed E-state index contributed by atoms with van der Waals surface area (Å²) in [6.45, 7) is 0.822. The minimum Gasteiger partial charge on any atom is -0.508 e. The molecule has 3 aromatic carbocycles. The van der Waals surface area contributed by atoms with Gasteiger partial charge in [-0.15, -0.1) is 0 Å². The Kier molecular flexibility index (Phi) is 6.94. The molecule has 0 aliphatic carbocycles. The van der Waals surface area contributed by atoms with Crippen LogP contribution in [0.4, 0.5) is 5.69 Å². The molecule has 8 heteroatoms. The Morgan fingerprint density at radius 1 is 1.03 bits per heavy atom. The number of hydrogen-bond acceptors (Lipinski definition) is 5. The van der Waals surface area contributed by atoms with Gasteiger partial charge in [-0.3, -0.25) is 10.1 Å². The number of aromatic carboxylic acids is 1. The number of anilines is 1. The molecule has 2 heterocycles. The minimum atomic E-state index is -1.09. The van der Waals surface area contributed by atoms with E-state index in [9.17, 15) is 19.8 Å². The van der Waals surface area contributed by atoms with E-state index in [0.717, 1.165) is 21.9 Å². The summed E-state index contributed by atoms with van der Waals surface area (Å²) in [5.74, 6) is -1.03. The number of aromatic hydroxyl groups is 1. The maximum atomic E-state index is 13.9. The van der Waals surface area contributed by atoms with Gasteiger partial charge in [-0.2, -0.15) is 0 Å². The summed E-state index contributed by atoms with van der Waals surface area (Å²) in [6.07, 6.45) is 1.77. The van der Waals surface area contributed by atoms with Crippen LogP contribution in [-0.2, 0) is 11.2 Å². The second-order valence-electron chi connectivity index (χ2n) is 9.34. The number of hydrogen-bond donors (Lipinski definition) is 5. The maximum Gasteiger partial charge on any atom is 0.352 e. The van der Waals surface area contributed by atoms with E-state index in [-0.39, 0.29) is 17.4 Å². The highest BCUT2D eigenvalue weighted by atomic mass is 16.4. The normalized spacial score (nSPS) is 17.5. The van der Waals surface area contributed by atoms with E-state index in [1.54, 1.807) is 23.1 Å². The zero-order valence-electron chi connectivity index (χ0n) is 20.4. The number of phenols is 1. The number of aromatic nitrogens is 1. The van der Waals surface area contributed by atoms with Gasteiger partial charge in [0.2, 0.25) is 5.91 Å². The Hall–Kier alpha value is -4.14. The standard InChI is InChI=1S/C29H30N4O4/c30-15-4-9-23-28(35)33(16-14-18-10-12-20(34)13-11-18)25-17-24(29(36)37)32-27(25)26(31-23)22-8-3-6-19-5-1-2-7-21(19)22/h1-3,5-8,10-13,17,23,26,31-32,34H,4,9,14-16,30H2,(H,36,37)/t23-,26+/m0/s1. The van der Waals surface area contributed by atoms with Gasteiger partial charge in [-0.1, -0.05) is 54.6 Å². The smallest absolute Gasteiger partial charge is 0.352 e. The monoisotopic (exact) mass is 498 g/mol. The van der Waals surface area contributed by atoms with E-state index < -0.39 is 18.1 Å². The van der Waals surface area contributed by atoms with Crippen molar-refractivity contribution in [3.63, 3.8) is 0 Å². The van der Waals surface area contributed by atoms with E-state index >= 15 is 0 Å². The largest absolute Gasteiger partial charge is 0.508 e.